The van der Waals surface area contributed by atoms with Crippen LogP contribution in [0.1, 0.15) is 49.9 Å². The SMILES string of the molecule is CC(C)CCOc1ccc(C(=O)N2CCC3CCC(C2)N3)cc1.Cl. The van der Waals surface area contributed by atoms with Crippen LogP contribution in [0.3, 0.4) is 0 Å². The molecule has 0 aliphatic carbocycles. The largest absolute Gasteiger partial charge is 0.494 e. The van der Waals surface area contributed by atoms with Crippen molar-refractivity contribution in [1.29, 1.82) is 0 Å². The van der Waals surface area contributed by atoms with E-state index in [-0.39, 0.29) is 18.3 Å². The smallest absolute Gasteiger partial charge is 0.253 e. The summed E-state index contributed by atoms with van der Waals surface area (Å²) >= 11 is 0. The van der Waals surface area contributed by atoms with Crippen molar-refractivity contribution in [3.63, 3.8) is 0 Å². The first-order chi connectivity index (χ1) is 11.1. The van der Waals surface area contributed by atoms with Gasteiger partial charge in [0.15, 0.2) is 0 Å². The Bertz CT molecular complexity index is 533. The van der Waals surface area contributed by atoms with Crippen molar-refractivity contribution in [3.05, 3.63) is 29.8 Å². The molecule has 2 bridgehead atoms. The first-order valence-corrected chi connectivity index (χ1v) is 8.90. The Morgan fingerprint density at radius 1 is 1.21 bits per heavy atom. The van der Waals surface area contributed by atoms with Crippen LogP contribution >= 0.6 is 12.4 Å². The number of carbonyl (C=O) groups excluding carboxylic acids is 1. The van der Waals surface area contributed by atoms with Crippen LogP contribution in [-0.2, 0) is 0 Å². The Kier molecular flexibility index (Phi) is 6.93. The summed E-state index contributed by atoms with van der Waals surface area (Å²) in [4.78, 5) is 14.7. The third kappa shape index (κ3) is 4.87. The number of amides is 1. The molecule has 0 radical (unpaired) electrons. The third-order valence-electron chi connectivity index (χ3n) is 4.88. The van der Waals surface area contributed by atoms with Gasteiger partial charge in [0.25, 0.3) is 5.91 Å². The molecule has 2 aliphatic rings. The lowest BCUT2D eigenvalue weighted by Crippen LogP contribution is -2.39. The fourth-order valence-electron chi connectivity index (χ4n) is 3.42. The zero-order valence-corrected chi connectivity index (χ0v) is 15.5. The number of nitrogens with zero attached hydrogens (tertiary/aromatic N) is 1. The lowest BCUT2D eigenvalue weighted by molar-refractivity contribution is 0.0748. The molecule has 2 saturated heterocycles. The Hall–Kier alpha value is -1.26. The Morgan fingerprint density at radius 2 is 1.92 bits per heavy atom. The summed E-state index contributed by atoms with van der Waals surface area (Å²) in [6.07, 6.45) is 4.56. The number of carbonyl (C=O) groups is 1. The molecule has 2 heterocycles. The van der Waals surface area contributed by atoms with Crippen LogP contribution in [0, 0.1) is 5.92 Å². The third-order valence-corrected chi connectivity index (χ3v) is 4.88. The lowest BCUT2D eigenvalue weighted by atomic mass is 10.1. The van der Waals surface area contributed by atoms with Gasteiger partial charge in [0.2, 0.25) is 0 Å². The maximum atomic E-state index is 12.7. The number of halogens is 1. The van der Waals surface area contributed by atoms with Crippen molar-refractivity contribution in [2.24, 2.45) is 5.92 Å². The van der Waals surface area contributed by atoms with Crippen LogP contribution in [0.4, 0.5) is 0 Å². The van der Waals surface area contributed by atoms with E-state index in [2.05, 4.69) is 19.2 Å². The highest BCUT2D eigenvalue weighted by Crippen LogP contribution is 2.22. The van der Waals surface area contributed by atoms with Gasteiger partial charge in [0.05, 0.1) is 6.61 Å². The van der Waals surface area contributed by atoms with Crippen LogP contribution in [0.2, 0.25) is 0 Å². The minimum atomic E-state index is 0. The number of benzene rings is 1. The maximum absolute atomic E-state index is 12.7. The van der Waals surface area contributed by atoms with E-state index >= 15 is 0 Å². The average molecular weight is 353 g/mol. The van der Waals surface area contributed by atoms with E-state index in [1.54, 1.807) is 0 Å². The van der Waals surface area contributed by atoms with Gasteiger partial charge in [-0.3, -0.25) is 4.79 Å². The normalized spacial score (nSPS) is 22.9. The van der Waals surface area contributed by atoms with E-state index in [0.29, 0.717) is 18.0 Å². The van der Waals surface area contributed by atoms with Crippen LogP contribution in [0.25, 0.3) is 0 Å². The number of likely N-dealkylation sites (tertiary alicyclic amines) is 1. The second-order valence-corrected chi connectivity index (χ2v) is 7.23. The van der Waals surface area contributed by atoms with Gasteiger partial charge in [-0.25, -0.2) is 0 Å². The maximum Gasteiger partial charge on any atom is 0.253 e. The molecule has 134 valence electrons. The summed E-state index contributed by atoms with van der Waals surface area (Å²) in [7, 11) is 0. The lowest BCUT2D eigenvalue weighted by Gasteiger charge is -2.24. The van der Waals surface area contributed by atoms with Crippen molar-refractivity contribution >= 4 is 18.3 Å². The quantitative estimate of drug-likeness (QED) is 0.881. The highest BCUT2D eigenvalue weighted by atomic mass is 35.5. The van der Waals surface area contributed by atoms with Crippen LogP contribution < -0.4 is 10.1 Å². The van der Waals surface area contributed by atoms with Gasteiger partial charge in [-0.2, -0.15) is 0 Å². The first-order valence-electron chi connectivity index (χ1n) is 8.90. The predicted octanol–water partition coefficient (Wildman–Crippen LogP) is 3.50. The molecule has 1 aromatic carbocycles. The monoisotopic (exact) mass is 352 g/mol. The molecule has 24 heavy (non-hydrogen) atoms. The number of rotatable bonds is 5. The van der Waals surface area contributed by atoms with Crippen molar-refractivity contribution in [1.82, 2.24) is 10.2 Å². The first kappa shape index (κ1) is 19.1. The van der Waals surface area contributed by atoms with Crippen LogP contribution in [-0.4, -0.2) is 42.6 Å². The van der Waals surface area contributed by atoms with Crippen molar-refractivity contribution in [3.8, 4) is 5.75 Å². The van der Waals surface area contributed by atoms with Crippen molar-refractivity contribution in [2.45, 2.75) is 51.6 Å². The van der Waals surface area contributed by atoms with E-state index < -0.39 is 0 Å². The summed E-state index contributed by atoms with van der Waals surface area (Å²) in [6.45, 7) is 6.80. The molecule has 0 spiro atoms. The molecule has 1 N–H and O–H groups in total. The number of ether oxygens (including phenoxy) is 1. The molecule has 0 aromatic heterocycles. The Morgan fingerprint density at radius 3 is 2.62 bits per heavy atom. The fraction of sp³-hybridized carbons (Fsp3) is 0.632. The van der Waals surface area contributed by atoms with Gasteiger partial charge in [-0.15, -0.1) is 12.4 Å². The Balaban J connectivity index is 0.00000208. The van der Waals surface area contributed by atoms with Crippen LogP contribution in [0.15, 0.2) is 24.3 Å². The highest BCUT2D eigenvalue weighted by Gasteiger charge is 2.31. The van der Waals surface area contributed by atoms with Gasteiger partial charge in [0.1, 0.15) is 5.75 Å². The molecule has 1 aromatic rings. The molecule has 2 aliphatic heterocycles. The second kappa shape index (κ2) is 8.72. The van der Waals surface area contributed by atoms with Gasteiger partial charge in [-0.1, -0.05) is 13.8 Å². The fourth-order valence-corrected chi connectivity index (χ4v) is 3.42. The van der Waals surface area contributed by atoms with Gasteiger partial charge in [-0.05, 0) is 55.9 Å². The molecule has 5 heteroatoms. The molecular formula is C19H29ClN2O2. The molecule has 2 unspecified atom stereocenters. The van der Waals surface area contributed by atoms with Crippen molar-refractivity contribution < 1.29 is 9.53 Å². The summed E-state index contributed by atoms with van der Waals surface area (Å²) < 4.78 is 5.72. The van der Waals surface area contributed by atoms with Gasteiger partial charge in [0, 0.05) is 30.7 Å². The molecule has 0 saturated carbocycles. The number of fused-ring (bicyclic) bond motifs is 2. The number of nitrogens with one attached hydrogen (secondary N) is 1. The molecular weight excluding hydrogens is 324 g/mol. The molecule has 4 nitrogen and oxygen atoms in total. The van der Waals surface area contributed by atoms with Crippen LogP contribution in [0.5, 0.6) is 5.75 Å². The molecule has 3 rings (SSSR count). The zero-order valence-electron chi connectivity index (χ0n) is 14.7. The van der Waals surface area contributed by atoms with Gasteiger partial charge >= 0.3 is 0 Å². The van der Waals surface area contributed by atoms with E-state index in [0.717, 1.165) is 43.9 Å². The van der Waals surface area contributed by atoms with Gasteiger partial charge < -0.3 is 15.0 Å². The summed E-state index contributed by atoms with van der Waals surface area (Å²) in [5.41, 5.74) is 0.763. The summed E-state index contributed by atoms with van der Waals surface area (Å²) in [6, 6.07) is 8.69. The molecule has 2 atom stereocenters. The zero-order chi connectivity index (χ0) is 16.2. The standard InChI is InChI=1S/C19H28N2O2.ClH/c1-14(2)10-12-23-18-7-3-15(4-8-18)19(22)21-11-9-16-5-6-17(13-21)20-16;/h3-4,7-8,14,16-17,20H,5-6,9-13H2,1-2H3;1H. The summed E-state index contributed by atoms with van der Waals surface area (Å²) in [5.74, 6) is 1.63. The minimum absolute atomic E-state index is 0. The molecule has 1 amide bonds. The topological polar surface area (TPSA) is 41.6 Å². The predicted molar refractivity (Wildman–Crippen MR) is 99.1 cm³/mol. The Labute approximate surface area is 151 Å². The average Bonchev–Trinajstić information content (AvgIpc) is 2.86. The van der Waals surface area contributed by atoms with E-state index in [9.17, 15) is 4.79 Å². The number of hydrogen-bond acceptors (Lipinski definition) is 3. The summed E-state index contributed by atoms with van der Waals surface area (Å²) in [5, 5.41) is 3.62. The second-order valence-electron chi connectivity index (χ2n) is 7.23. The molecule has 2 fully saturated rings. The highest BCUT2D eigenvalue weighted by molar-refractivity contribution is 5.94. The van der Waals surface area contributed by atoms with E-state index in [4.69, 9.17) is 4.74 Å². The van der Waals surface area contributed by atoms with E-state index in [1.165, 1.54) is 12.8 Å². The number of hydrogen-bond donors (Lipinski definition) is 1. The van der Waals surface area contributed by atoms with Crippen molar-refractivity contribution in [2.75, 3.05) is 19.7 Å². The minimum Gasteiger partial charge on any atom is -0.494 e. The van der Waals surface area contributed by atoms with E-state index in [1.807, 2.05) is 29.2 Å².